The van der Waals surface area contributed by atoms with Gasteiger partial charge in [-0.05, 0) is 25.9 Å². The fraction of sp³-hybridized carbons (Fsp3) is 0.750. The summed E-state index contributed by atoms with van der Waals surface area (Å²) in [5, 5.41) is 4.35. The van der Waals surface area contributed by atoms with Gasteiger partial charge in [-0.3, -0.25) is 4.68 Å². The molecule has 0 amide bonds. The van der Waals surface area contributed by atoms with E-state index >= 15 is 0 Å². The van der Waals surface area contributed by atoms with Gasteiger partial charge in [0.05, 0.1) is 5.69 Å². The summed E-state index contributed by atoms with van der Waals surface area (Å²) in [6, 6.07) is 0. The summed E-state index contributed by atoms with van der Waals surface area (Å²) >= 11 is 0. The van der Waals surface area contributed by atoms with Crippen LogP contribution in [0.25, 0.3) is 0 Å². The molecule has 0 aliphatic heterocycles. The number of nitrogens with two attached hydrogens (primary N) is 1. The number of rotatable bonds is 5. The highest BCUT2D eigenvalue weighted by atomic mass is 35.5. The average Bonchev–Trinajstić information content (AvgIpc) is 2.44. The second-order valence-electron chi connectivity index (χ2n) is 5.45. The van der Waals surface area contributed by atoms with Gasteiger partial charge in [-0.25, -0.2) is 0 Å². The molecule has 0 aliphatic rings. The van der Waals surface area contributed by atoms with Gasteiger partial charge >= 0.3 is 0 Å². The zero-order valence-corrected chi connectivity index (χ0v) is 12.3. The van der Waals surface area contributed by atoms with Crippen molar-refractivity contribution in [2.45, 2.75) is 27.3 Å². The van der Waals surface area contributed by atoms with Crippen LogP contribution in [0.1, 0.15) is 25.1 Å². The molecule has 1 heterocycles. The Labute approximate surface area is 111 Å². The van der Waals surface area contributed by atoms with Crippen LogP contribution in [-0.2, 0) is 13.6 Å². The molecule has 17 heavy (non-hydrogen) atoms. The Morgan fingerprint density at radius 1 is 1.47 bits per heavy atom. The molecule has 1 aromatic heterocycles. The molecule has 0 saturated heterocycles. The van der Waals surface area contributed by atoms with Gasteiger partial charge in [0.2, 0.25) is 0 Å². The van der Waals surface area contributed by atoms with Crippen molar-refractivity contribution in [2.24, 2.45) is 18.2 Å². The fourth-order valence-electron chi connectivity index (χ4n) is 1.95. The standard InChI is InChI=1S/C12H24N4.ClH/c1-10-11(7-16(5)14-10)6-15(4)9-12(2,3)8-13;/h7H,6,8-9,13H2,1-5H3;1H. The summed E-state index contributed by atoms with van der Waals surface area (Å²) in [4.78, 5) is 2.30. The van der Waals surface area contributed by atoms with Crippen LogP contribution in [0.15, 0.2) is 6.20 Å². The van der Waals surface area contributed by atoms with E-state index in [-0.39, 0.29) is 17.8 Å². The summed E-state index contributed by atoms with van der Waals surface area (Å²) in [5.74, 6) is 0. The van der Waals surface area contributed by atoms with Gasteiger partial charge in [-0.1, -0.05) is 13.8 Å². The van der Waals surface area contributed by atoms with E-state index < -0.39 is 0 Å². The minimum Gasteiger partial charge on any atom is -0.330 e. The van der Waals surface area contributed by atoms with E-state index in [1.807, 2.05) is 11.7 Å². The molecule has 0 saturated carbocycles. The van der Waals surface area contributed by atoms with E-state index in [4.69, 9.17) is 5.73 Å². The zero-order chi connectivity index (χ0) is 12.3. The first-order chi connectivity index (χ1) is 7.34. The number of hydrogen-bond acceptors (Lipinski definition) is 3. The van der Waals surface area contributed by atoms with Crippen LogP contribution in [0.2, 0.25) is 0 Å². The van der Waals surface area contributed by atoms with Gasteiger partial charge in [-0.15, -0.1) is 12.4 Å². The van der Waals surface area contributed by atoms with Crippen LogP contribution >= 0.6 is 12.4 Å². The minimum absolute atomic E-state index is 0. The Bertz CT molecular complexity index is 346. The molecule has 100 valence electrons. The highest BCUT2D eigenvalue weighted by Gasteiger charge is 2.18. The maximum Gasteiger partial charge on any atom is 0.0638 e. The monoisotopic (exact) mass is 260 g/mol. The number of aryl methyl sites for hydroxylation is 2. The lowest BCUT2D eigenvalue weighted by Gasteiger charge is -2.28. The number of nitrogens with zero attached hydrogens (tertiary/aromatic N) is 3. The van der Waals surface area contributed by atoms with Crippen molar-refractivity contribution in [2.75, 3.05) is 20.1 Å². The van der Waals surface area contributed by atoms with Gasteiger partial charge in [0.1, 0.15) is 0 Å². The minimum atomic E-state index is 0. The summed E-state index contributed by atoms with van der Waals surface area (Å²) < 4.78 is 1.87. The van der Waals surface area contributed by atoms with E-state index in [2.05, 4.69) is 44.0 Å². The third-order valence-electron chi connectivity index (χ3n) is 2.81. The molecule has 0 spiro atoms. The molecule has 4 nitrogen and oxygen atoms in total. The van der Waals surface area contributed by atoms with Crippen molar-refractivity contribution in [3.63, 3.8) is 0 Å². The molecule has 0 aliphatic carbocycles. The van der Waals surface area contributed by atoms with Crippen LogP contribution < -0.4 is 5.73 Å². The lowest BCUT2D eigenvalue weighted by Crippen LogP contribution is -2.36. The Balaban J connectivity index is 0.00000256. The third kappa shape index (κ3) is 5.06. The van der Waals surface area contributed by atoms with Crippen LogP contribution in [0.5, 0.6) is 0 Å². The molecular weight excluding hydrogens is 236 g/mol. The van der Waals surface area contributed by atoms with Crippen molar-refractivity contribution < 1.29 is 0 Å². The molecule has 0 fully saturated rings. The maximum atomic E-state index is 5.74. The summed E-state index contributed by atoms with van der Waals surface area (Å²) in [6.07, 6.45) is 2.08. The predicted molar refractivity (Wildman–Crippen MR) is 74.4 cm³/mol. The molecule has 0 atom stereocenters. The van der Waals surface area contributed by atoms with Gasteiger partial charge in [0, 0.05) is 31.9 Å². The van der Waals surface area contributed by atoms with E-state index in [9.17, 15) is 0 Å². The third-order valence-corrected chi connectivity index (χ3v) is 2.81. The van der Waals surface area contributed by atoms with Crippen molar-refractivity contribution in [1.29, 1.82) is 0 Å². The Morgan fingerprint density at radius 3 is 2.47 bits per heavy atom. The van der Waals surface area contributed by atoms with Crippen molar-refractivity contribution in [3.8, 4) is 0 Å². The summed E-state index contributed by atoms with van der Waals surface area (Å²) in [5.41, 5.74) is 8.31. The van der Waals surface area contributed by atoms with Crippen molar-refractivity contribution >= 4 is 12.4 Å². The lowest BCUT2D eigenvalue weighted by atomic mass is 9.93. The van der Waals surface area contributed by atoms with Gasteiger partial charge < -0.3 is 10.6 Å². The highest BCUT2D eigenvalue weighted by molar-refractivity contribution is 5.85. The van der Waals surface area contributed by atoms with Gasteiger partial charge in [0.25, 0.3) is 0 Å². The van der Waals surface area contributed by atoms with Crippen molar-refractivity contribution in [3.05, 3.63) is 17.5 Å². The molecular formula is C12H25ClN4. The van der Waals surface area contributed by atoms with E-state index in [1.54, 1.807) is 0 Å². The topological polar surface area (TPSA) is 47.1 Å². The van der Waals surface area contributed by atoms with Crippen LogP contribution in [0.3, 0.4) is 0 Å². The molecule has 1 rings (SSSR count). The molecule has 0 unspecified atom stereocenters. The predicted octanol–water partition coefficient (Wildman–Crippen LogP) is 1.57. The highest BCUT2D eigenvalue weighted by Crippen LogP contribution is 2.16. The number of aromatic nitrogens is 2. The Hall–Kier alpha value is -0.580. The first-order valence-electron chi connectivity index (χ1n) is 5.72. The Morgan fingerprint density at radius 2 is 2.06 bits per heavy atom. The van der Waals surface area contributed by atoms with Gasteiger partial charge in [-0.2, -0.15) is 5.10 Å². The maximum absolute atomic E-state index is 5.74. The van der Waals surface area contributed by atoms with E-state index in [0.717, 1.165) is 18.8 Å². The fourth-order valence-corrected chi connectivity index (χ4v) is 1.95. The number of hydrogen-bond donors (Lipinski definition) is 1. The summed E-state index contributed by atoms with van der Waals surface area (Å²) in [7, 11) is 4.09. The molecule has 0 aromatic carbocycles. The quantitative estimate of drug-likeness (QED) is 0.874. The molecule has 1 aromatic rings. The van der Waals surface area contributed by atoms with Crippen LogP contribution in [-0.4, -0.2) is 34.8 Å². The van der Waals surface area contributed by atoms with E-state index in [1.165, 1.54) is 5.56 Å². The van der Waals surface area contributed by atoms with Crippen LogP contribution in [0.4, 0.5) is 0 Å². The second kappa shape index (κ2) is 6.38. The molecule has 5 heteroatoms. The van der Waals surface area contributed by atoms with E-state index in [0.29, 0.717) is 6.54 Å². The van der Waals surface area contributed by atoms with Crippen molar-refractivity contribution in [1.82, 2.24) is 14.7 Å². The molecule has 0 bridgehead atoms. The molecule has 0 radical (unpaired) electrons. The first-order valence-corrected chi connectivity index (χ1v) is 5.72. The SMILES string of the molecule is Cc1nn(C)cc1CN(C)CC(C)(C)CN.Cl. The number of halogens is 1. The smallest absolute Gasteiger partial charge is 0.0638 e. The Kier molecular flexibility index (Phi) is 6.16. The van der Waals surface area contributed by atoms with Crippen LogP contribution in [0, 0.1) is 12.3 Å². The summed E-state index contributed by atoms with van der Waals surface area (Å²) in [6.45, 7) is 9.08. The normalized spacial score (nSPS) is 11.7. The average molecular weight is 261 g/mol. The molecule has 2 N–H and O–H groups in total. The zero-order valence-electron chi connectivity index (χ0n) is 11.5. The largest absolute Gasteiger partial charge is 0.330 e. The second-order valence-corrected chi connectivity index (χ2v) is 5.45. The van der Waals surface area contributed by atoms with Gasteiger partial charge in [0.15, 0.2) is 0 Å². The first kappa shape index (κ1) is 16.4. The lowest BCUT2D eigenvalue weighted by molar-refractivity contribution is 0.209.